The average Bonchev–Trinajstić information content (AvgIpc) is 3.02. The molecule has 0 saturated carbocycles. The van der Waals surface area contributed by atoms with E-state index in [1.165, 1.54) is 15.1 Å². The Bertz CT molecular complexity index is 1020. The van der Waals surface area contributed by atoms with Gasteiger partial charge in [-0.1, -0.05) is 35.9 Å². The zero-order chi connectivity index (χ0) is 20.7. The van der Waals surface area contributed by atoms with E-state index in [4.69, 9.17) is 16.3 Å². The van der Waals surface area contributed by atoms with Gasteiger partial charge in [-0.25, -0.2) is 0 Å². The van der Waals surface area contributed by atoms with E-state index in [0.29, 0.717) is 12.0 Å². The molecule has 154 valence electrons. The van der Waals surface area contributed by atoms with Gasteiger partial charge in [0.25, 0.3) is 0 Å². The lowest BCUT2D eigenvalue weighted by Crippen LogP contribution is -2.55. The molecule has 1 saturated heterocycles. The highest BCUT2D eigenvalue weighted by atomic mass is 35.5. The molecule has 3 aromatic rings. The van der Waals surface area contributed by atoms with E-state index in [2.05, 4.69) is 6.92 Å². The molecule has 4 N–H and O–H groups in total. The van der Waals surface area contributed by atoms with Crippen molar-refractivity contribution in [1.82, 2.24) is 0 Å². The van der Waals surface area contributed by atoms with Crippen molar-refractivity contribution in [2.45, 2.75) is 43.9 Å². The zero-order valence-corrected chi connectivity index (χ0v) is 17.4. The van der Waals surface area contributed by atoms with Crippen LogP contribution in [0.4, 0.5) is 0 Å². The summed E-state index contributed by atoms with van der Waals surface area (Å²) in [6, 6.07) is 13.5. The second kappa shape index (κ2) is 8.32. The second-order valence-electron chi connectivity index (χ2n) is 7.46. The highest BCUT2D eigenvalue weighted by molar-refractivity contribution is 7.19. The molecule has 0 bridgehead atoms. The number of aryl methyl sites for hydroxylation is 1. The Kier molecular flexibility index (Phi) is 5.95. The highest BCUT2D eigenvalue weighted by Crippen LogP contribution is 2.36. The number of aliphatic hydroxyl groups excluding tert-OH is 4. The van der Waals surface area contributed by atoms with Gasteiger partial charge < -0.3 is 25.2 Å². The number of rotatable bonds is 4. The van der Waals surface area contributed by atoms with Gasteiger partial charge in [-0.05, 0) is 47.2 Å². The summed E-state index contributed by atoms with van der Waals surface area (Å²) in [5.74, 6) is 0. The lowest BCUT2D eigenvalue weighted by atomic mass is 9.90. The van der Waals surface area contributed by atoms with Crippen LogP contribution in [0.5, 0.6) is 0 Å². The molecule has 7 heteroatoms. The summed E-state index contributed by atoms with van der Waals surface area (Å²) in [5, 5.41) is 41.7. The van der Waals surface area contributed by atoms with Crippen LogP contribution in [0, 0.1) is 6.92 Å². The molecule has 1 aliphatic heterocycles. The Labute approximate surface area is 177 Å². The van der Waals surface area contributed by atoms with Crippen LogP contribution in [-0.2, 0) is 11.2 Å². The first kappa shape index (κ1) is 20.8. The fourth-order valence-electron chi connectivity index (χ4n) is 3.85. The number of thiophene rings is 1. The summed E-state index contributed by atoms with van der Waals surface area (Å²) >= 11 is 7.87. The Balaban J connectivity index is 1.62. The van der Waals surface area contributed by atoms with Crippen LogP contribution < -0.4 is 0 Å². The van der Waals surface area contributed by atoms with E-state index in [0.717, 1.165) is 16.0 Å². The van der Waals surface area contributed by atoms with Gasteiger partial charge in [0.15, 0.2) is 0 Å². The summed E-state index contributed by atoms with van der Waals surface area (Å²) in [6.07, 6.45) is -5.05. The summed E-state index contributed by atoms with van der Waals surface area (Å²) < 4.78 is 6.87. The molecule has 2 aromatic carbocycles. The lowest BCUT2D eigenvalue weighted by Gasteiger charge is -2.40. The maximum atomic E-state index is 10.4. The largest absolute Gasteiger partial charge is 0.394 e. The molecule has 29 heavy (non-hydrogen) atoms. The molecule has 5 atom stereocenters. The molecule has 1 fully saturated rings. The molecule has 5 nitrogen and oxygen atoms in total. The number of fused-ring (bicyclic) bond motifs is 1. The Morgan fingerprint density at radius 1 is 1.03 bits per heavy atom. The SMILES string of the molecule is Cc1c(Cc2cccc([C@@H]3O[C@H](CO)[C@@H](O)[C@H](O)[C@H]3O)c2)sc2ccc(Cl)cc12. The fourth-order valence-corrected chi connectivity index (χ4v) is 5.25. The molecule has 0 aliphatic carbocycles. The number of aliphatic hydroxyl groups is 4. The minimum atomic E-state index is -1.39. The summed E-state index contributed by atoms with van der Waals surface area (Å²) in [7, 11) is 0. The molecule has 0 unspecified atom stereocenters. The molecule has 0 radical (unpaired) electrons. The van der Waals surface area contributed by atoms with Crippen LogP contribution in [-0.4, -0.2) is 51.4 Å². The van der Waals surface area contributed by atoms with Crippen molar-refractivity contribution in [1.29, 1.82) is 0 Å². The first-order valence-electron chi connectivity index (χ1n) is 9.46. The van der Waals surface area contributed by atoms with E-state index >= 15 is 0 Å². The first-order chi connectivity index (χ1) is 13.9. The topological polar surface area (TPSA) is 90.2 Å². The molecule has 0 spiro atoms. The van der Waals surface area contributed by atoms with Crippen molar-refractivity contribution < 1.29 is 25.2 Å². The Morgan fingerprint density at radius 2 is 1.83 bits per heavy atom. The van der Waals surface area contributed by atoms with Crippen molar-refractivity contribution in [2.75, 3.05) is 6.61 Å². The normalized spacial score (nSPS) is 27.4. The first-order valence-corrected chi connectivity index (χ1v) is 10.7. The molecular formula is C22H23ClO5S. The minimum absolute atomic E-state index is 0.440. The van der Waals surface area contributed by atoms with Crippen molar-refractivity contribution >= 4 is 33.0 Å². The smallest absolute Gasteiger partial charge is 0.113 e. The maximum absolute atomic E-state index is 10.4. The molecule has 1 aromatic heterocycles. The second-order valence-corrected chi connectivity index (χ2v) is 9.04. The minimum Gasteiger partial charge on any atom is -0.394 e. The Morgan fingerprint density at radius 3 is 2.59 bits per heavy atom. The van der Waals surface area contributed by atoms with Crippen LogP contribution in [0.15, 0.2) is 42.5 Å². The molecule has 0 amide bonds. The van der Waals surface area contributed by atoms with E-state index in [-0.39, 0.29) is 0 Å². The van der Waals surface area contributed by atoms with Crippen molar-refractivity contribution in [3.05, 3.63) is 69.1 Å². The predicted octanol–water partition coefficient (Wildman–Crippen LogP) is 2.97. The van der Waals surface area contributed by atoms with E-state index in [1.807, 2.05) is 42.5 Å². The van der Waals surface area contributed by atoms with Gasteiger partial charge in [0.05, 0.1) is 6.61 Å². The van der Waals surface area contributed by atoms with Crippen LogP contribution in [0.3, 0.4) is 0 Å². The van der Waals surface area contributed by atoms with E-state index in [1.54, 1.807) is 11.3 Å². The molecule has 4 rings (SSSR count). The maximum Gasteiger partial charge on any atom is 0.113 e. The summed E-state index contributed by atoms with van der Waals surface area (Å²) in [6.45, 7) is 1.65. The number of benzene rings is 2. The van der Waals surface area contributed by atoms with Gasteiger partial charge in [0, 0.05) is 21.0 Å². The van der Waals surface area contributed by atoms with Gasteiger partial charge in [-0.15, -0.1) is 11.3 Å². The lowest BCUT2D eigenvalue weighted by molar-refractivity contribution is -0.231. The third kappa shape index (κ3) is 3.94. The number of hydrogen-bond donors (Lipinski definition) is 4. The van der Waals surface area contributed by atoms with Crippen LogP contribution in [0.25, 0.3) is 10.1 Å². The number of ether oxygens (including phenoxy) is 1. The fraction of sp³-hybridized carbons (Fsp3) is 0.364. The molecule has 2 heterocycles. The van der Waals surface area contributed by atoms with Crippen molar-refractivity contribution in [2.24, 2.45) is 0 Å². The molecule has 1 aliphatic rings. The highest BCUT2D eigenvalue weighted by Gasteiger charge is 2.43. The van der Waals surface area contributed by atoms with E-state index < -0.39 is 37.1 Å². The quantitative estimate of drug-likeness (QED) is 0.507. The number of halogens is 1. The third-order valence-corrected chi connectivity index (χ3v) is 7.04. The van der Waals surface area contributed by atoms with Crippen molar-refractivity contribution in [3.63, 3.8) is 0 Å². The van der Waals surface area contributed by atoms with Crippen LogP contribution in [0.1, 0.15) is 27.7 Å². The van der Waals surface area contributed by atoms with Gasteiger partial charge >= 0.3 is 0 Å². The zero-order valence-electron chi connectivity index (χ0n) is 15.8. The van der Waals surface area contributed by atoms with Gasteiger partial charge in [0.2, 0.25) is 0 Å². The van der Waals surface area contributed by atoms with E-state index in [9.17, 15) is 20.4 Å². The standard InChI is InChI=1S/C22H23ClO5S/c1-11-15-9-14(23)5-6-17(15)29-18(11)8-12-3-2-4-13(7-12)22-21(27)20(26)19(25)16(10-24)28-22/h2-7,9,16,19-22,24-27H,8,10H2,1H3/t16-,19-,20+,21-,22+/m1/s1. The monoisotopic (exact) mass is 434 g/mol. The predicted molar refractivity (Wildman–Crippen MR) is 114 cm³/mol. The summed E-state index contributed by atoms with van der Waals surface area (Å²) in [5.41, 5.74) is 2.94. The van der Waals surface area contributed by atoms with Gasteiger partial charge in [-0.3, -0.25) is 0 Å². The number of hydrogen-bond acceptors (Lipinski definition) is 6. The third-order valence-electron chi connectivity index (χ3n) is 5.53. The summed E-state index contributed by atoms with van der Waals surface area (Å²) in [4.78, 5) is 1.23. The van der Waals surface area contributed by atoms with Gasteiger partial charge in [-0.2, -0.15) is 0 Å². The van der Waals surface area contributed by atoms with Crippen LogP contribution >= 0.6 is 22.9 Å². The van der Waals surface area contributed by atoms with Crippen molar-refractivity contribution in [3.8, 4) is 0 Å². The molecular weight excluding hydrogens is 412 g/mol. The van der Waals surface area contributed by atoms with Crippen LogP contribution in [0.2, 0.25) is 5.02 Å². The van der Waals surface area contributed by atoms with Gasteiger partial charge in [0.1, 0.15) is 30.5 Å². The Hall–Kier alpha value is -1.51. The average molecular weight is 435 g/mol.